The number of halogens is 1. The van der Waals surface area contributed by atoms with Crippen LogP contribution in [0.25, 0.3) is 22.3 Å². The maximum atomic E-state index is 13.3. The molecule has 4 aromatic rings. The molecule has 38 heavy (non-hydrogen) atoms. The highest BCUT2D eigenvalue weighted by Gasteiger charge is 2.28. The quantitative estimate of drug-likeness (QED) is 0.389. The van der Waals surface area contributed by atoms with E-state index in [-0.39, 0.29) is 22.0 Å². The Balaban J connectivity index is 1.32. The third-order valence-corrected chi connectivity index (χ3v) is 8.95. The lowest BCUT2D eigenvalue weighted by Crippen LogP contribution is -2.48. The zero-order valence-electron chi connectivity index (χ0n) is 21.4. The number of H-pyrrole nitrogens is 1. The zero-order valence-corrected chi connectivity index (χ0v) is 22.2. The topological polar surface area (TPSA) is 100 Å². The SMILES string of the molecule is CCCn1c(=O)c2[nH]c(-c3ccc(S(=O)(=O)N4CCN(Cc5ccc(F)cc5)CC4)cc3)cc2n(C)c1=O. The molecule has 0 unspecified atom stereocenters. The smallest absolute Gasteiger partial charge is 0.331 e. The van der Waals surface area contributed by atoms with Crippen LogP contribution < -0.4 is 11.2 Å². The fourth-order valence-electron chi connectivity index (χ4n) is 4.89. The third kappa shape index (κ3) is 4.84. The number of rotatable bonds is 7. The van der Waals surface area contributed by atoms with Crippen LogP contribution in [0.2, 0.25) is 0 Å². The van der Waals surface area contributed by atoms with Crippen molar-refractivity contribution >= 4 is 21.1 Å². The van der Waals surface area contributed by atoms with Crippen molar-refractivity contribution < 1.29 is 12.8 Å². The van der Waals surface area contributed by atoms with Crippen LogP contribution in [-0.2, 0) is 30.2 Å². The van der Waals surface area contributed by atoms with Gasteiger partial charge >= 0.3 is 5.69 Å². The first-order chi connectivity index (χ1) is 18.2. The molecule has 5 rings (SSSR count). The highest BCUT2D eigenvalue weighted by molar-refractivity contribution is 7.89. The van der Waals surface area contributed by atoms with Gasteiger partial charge in [0.25, 0.3) is 5.56 Å². The summed E-state index contributed by atoms with van der Waals surface area (Å²) >= 11 is 0. The average molecular weight is 540 g/mol. The largest absolute Gasteiger partial charge is 0.349 e. The molecule has 1 N–H and O–H groups in total. The number of sulfonamides is 1. The van der Waals surface area contributed by atoms with E-state index in [1.165, 1.54) is 25.6 Å². The molecule has 3 heterocycles. The lowest BCUT2D eigenvalue weighted by molar-refractivity contribution is 0.181. The summed E-state index contributed by atoms with van der Waals surface area (Å²) in [5.74, 6) is -0.277. The maximum Gasteiger partial charge on any atom is 0.331 e. The molecule has 0 saturated carbocycles. The fourth-order valence-corrected chi connectivity index (χ4v) is 6.31. The van der Waals surface area contributed by atoms with Crippen molar-refractivity contribution in [2.45, 2.75) is 31.3 Å². The van der Waals surface area contributed by atoms with Crippen molar-refractivity contribution in [2.75, 3.05) is 26.2 Å². The second-order valence-electron chi connectivity index (χ2n) is 9.57. The van der Waals surface area contributed by atoms with Crippen LogP contribution in [0.3, 0.4) is 0 Å². The van der Waals surface area contributed by atoms with Crippen LogP contribution in [0.5, 0.6) is 0 Å². The van der Waals surface area contributed by atoms with Crippen molar-refractivity contribution in [3.63, 3.8) is 0 Å². The summed E-state index contributed by atoms with van der Waals surface area (Å²) in [6, 6.07) is 14.6. The molecule has 1 saturated heterocycles. The number of benzene rings is 2. The van der Waals surface area contributed by atoms with Gasteiger partial charge in [-0.1, -0.05) is 31.2 Å². The van der Waals surface area contributed by atoms with Crippen LogP contribution in [-0.4, -0.2) is 57.9 Å². The Bertz CT molecular complexity index is 1680. The molecule has 0 spiro atoms. The van der Waals surface area contributed by atoms with Gasteiger partial charge in [0.1, 0.15) is 11.3 Å². The molecule has 1 fully saturated rings. The standard InChI is InChI=1S/C27H30FN5O4S/c1-3-12-33-26(34)25-24(30(2)27(33)35)17-23(29-25)20-6-10-22(11-7-20)38(36,37)32-15-13-31(14-16-32)18-19-4-8-21(28)9-5-19/h4-11,17,29H,3,12-16,18H2,1-2H3. The van der Waals surface area contributed by atoms with Crippen molar-refractivity contribution in [1.29, 1.82) is 0 Å². The molecule has 0 aliphatic carbocycles. The van der Waals surface area contributed by atoms with E-state index in [9.17, 15) is 22.4 Å². The van der Waals surface area contributed by atoms with Gasteiger partial charge in [0.05, 0.1) is 10.4 Å². The first-order valence-electron chi connectivity index (χ1n) is 12.6. The Hall–Kier alpha value is -3.54. The van der Waals surface area contributed by atoms with E-state index in [4.69, 9.17) is 0 Å². The number of aromatic nitrogens is 3. The molecular formula is C27H30FN5O4S. The number of piperazine rings is 1. The van der Waals surface area contributed by atoms with Gasteiger partial charge in [-0.3, -0.25) is 18.8 Å². The molecule has 0 atom stereocenters. The number of nitrogens with one attached hydrogen (secondary N) is 1. The van der Waals surface area contributed by atoms with E-state index in [1.807, 2.05) is 6.92 Å². The van der Waals surface area contributed by atoms with Crippen molar-refractivity contribution in [3.8, 4) is 11.3 Å². The van der Waals surface area contributed by atoms with Gasteiger partial charge < -0.3 is 4.98 Å². The van der Waals surface area contributed by atoms with Crippen LogP contribution in [0.15, 0.2) is 69.1 Å². The summed E-state index contributed by atoms with van der Waals surface area (Å²) in [7, 11) is -2.04. The molecule has 1 aliphatic rings. The minimum absolute atomic E-state index is 0.196. The number of fused-ring (bicyclic) bond motifs is 1. The van der Waals surface area contributed by atoms with Crippen LogP contribution in [0, 0.1) is 5.82 Å². The molecule has 0 bridgehead atoms. The lowest BCUT2D eigenvalue weighted by atomic mass is 10.1. The molecule has 11 heteroatoms. The van der Waals surface area contributed by atoms with E-state index in [0.29, 0.717) is 68.0 Å². The summed E-state index contributed by atoms with van der Waals surface area (Å²) in [5.41, 5.74) is 2.42. The number of hydrogen-bond acceptors (Lipinski definition) is 5. The van der Waals surface area contributed by atoms with Gasteiger partial charge in [0.15, 0.2) is 0 Å². The van der Waals surface area contributed by atoms with Gasteiger partial charge in [-0.25, -0.2) is 17.6 Å². The van der Waals surface area contributed by atoms with Gasteiger partial charge in [0, 0.05) is 52.0 Å². The summed E-state index contributed by atoms with van der Waals surface area (Å²) in [6.07, 6.45) is 0.660. The third-order valence-electron chi connectivity index (χ3n) is 7.04. The van der Waals surface area contributed by atoms with Crippen LogP contribution in [0.1, 0.15) is 18.9 Å². The Morgan fingerprint density at radius 3 is 2.24 bits per heavy atom. The summed E-state index contributed by atoms with van der Waals surface area (Å²) in [5, 5.41) is 0. The molecule has 200 valence electrons. The van der Waals surface area contributed by atoms with Crippen LogP contribution in [0.4, 0.5) is 4.39 Å². The predicted molar refractivity (Wildman–Crippen MR) is 144 cm³/mol. The number of aromatic amines is 1. The van der Waals surface area contributed by atoms with Gasteiger partial charge in [0.2, 0.25) is 10.0 Å². The minimum Gasteiger partial charge on any atom is -0.349 e. The average Bonchev–Trinajstić information content (AvgIpc) is 3.38. The second-order valence-corrected chi connectivity index (χ2v) is 11.5. The number of hydrogen-bond donors (Lipinski definition) is 1. The van der Waals surface area contributed by atoms with Crippen molar-refractivity contribution in [2.24, 2.45) is 7.05 Å². The van der Waals surface area contributed by atoms with Crippen molar-refractivity contribution in [3.05, 3.63) is 86.8 Å². The first-order valence-corrected chi connectivity index (χ1v) is 14.0. The summed E-state index contributed by atoms with van der Waals surface area (Å²) < 4.78 is 43.9. The first kappa shape index (κ1) is 26.1. The predicted octanol–water partition coefficient (Wildman–Crippen LogP) is 2.75. The summed E-state index contributed by atoms with van der Waals surface area (Å²) in [4.78, 5) is 30.9. The highest BCUT2D eigenvalue weighted by atomic mass is 32.2. The van der Waals surface area contributed by atoms with E-state index in [2.05, 4.69) is 9.88 Å². The fraction of sp³-hybridized carbons (Fsp3) is 0.333. The van der Waals surface area contributed by atoms with E-state index in [0.717, 1.165) is 5.56 Å². The Morgan fingerprint density at radius 2 is 1.61 bits per heavy atom. The molecule has 2 aromatic heterocycles. The number of nitrogens with zero attached hydrogens (tertiary/aromatic N) is 4. The van der Waals surface area contributed by atoms with Crippen LogP contribution >= 0.6 is 0 Å². The second kappa shape index (κ2) is 10.3. The Labute approximate surface area is 219 Å². The van der Waals surface area contributed by atoms with Gasteiger partial charge in [-0.15, -0.1) is 0 Å². The normalized spacial score (nSPS) is 15.3. The molecular weight excluding hydrogens is 509 g/mol. The zero-order chi connectivity index (χ0) is 27.0. The van der Waals surface area contributed by atoms with Crippen molar-refractivity contribution in [1.82, 2.24) is 23.3 Å². The molecule has 0 radical (unpaired) electrons. The Kier molecular flexibility index (Phi) is 7.08. The van der Waals surface area contributed by atoms with E-state index >= 15 is 0 Å². The highest BCUT2D eigenvalue weighted by Crippen LogP contribution is 2.25. The lowest BCUT2D eigenvalue weighted by Gasteiger charge is -2.34. The summed E-state index contributed by atoms with van der Waals surface area (Å²) in [6.45, 7) is 4.78. The molecule has 0 amide bonds. The van der Waals surface area contributed by atoms with E-state index in [1.54, 1.807) is 49.5 Å². The van der Waals surface area contributed by atoms with E-state index < -0.39 is 10.0 Å². The molecule has 2 aromatic carbocycles. The maximum absolute atomic E-state index is 13.3. The number of aryl methyl sites for hydroxylation is 1. The van der Waals surface area contributed by atoms with Gasteiger partial charge in [-0.2, -0.15) is 4.31 Å². The minimum atomic E-state index is -3.67. The molecule has 9 nitrogen and oxygen atoms in total. The Morgan fingerprint density at radius 1 is 0.947 bits per heavy atom. The molecule has 1 aliphatic heterocycles. The van der Waals surface area contributed by atoms with Gasteiger partial charge in [-0.05, 0) is 47.9 Å². The monoisotopic (exact) mass is 539 g/mol.